The largest absolute Gasteiger partial charge is 0.381 e. The highest BCUT2D eigenvalue weighted by Crippen LogP contribution is 2.14. The van der Waals surface area contributed by atoms with Gasteiger partial charge in [-0.05, 0) is 36.8 Å². The number of carbonyl (C=O) groups is 1. The average Bonchev–Trinajstić information content (AvgIpc) is 2.38. The van der Waals surface area contributed by atoms with Crippen molar-refractivity contribution in [3.8, 4) is 0 Å². The second-order valence-corrected chi connectivity index (χ2v) is 4.55. The fraction of sp³-hybridized carbons (Fsp3) is 0.133. The molecule has 0 fully saturated rings. The van der Waals surface area contributed by atoms with Crippen molar-refractivity contribution in [3.05, 3.63) is 64.7 Å². The van der Waals surface area contributed by atoms with Crippen molar-refractivity contribution in [2.75, 3.05) is 5.32 Å². The van der Waals surface area contributed by atoms with Crippen LogP contribution in [0.25, 0.3) is 0 Å². The van der Waals surface area contributed by atoms with Crippen LogP contribution in [-0.4, -0.2) is 5.78 Å². The van der Waals surface area contributed by atoms with Gasteiger partial charge in [0.05, 0.1) is 0 Å². The quantitative estimate of drug-likeness (QED) is 0.836. The number of carbonyl (C=O) groups excluding carboxylic acids is 1. The van der Waals surface area contributed by atoms with Crippen molar-refractivity contribution in [2.24, 2.45) is 0 Å². The van der Waals surface area contributed by atoms with E-state index in [1.54, 1.807) is 6.92 Å². The Bertz CT molecular complexity index is 549. The van der Waals surface area contributed by atoms with Crippen molar-refractivity contribution in [3.63, 3.8) is 0 Å². The Morgan fingerprint density at radius 3 is 2.56 bits per heavy atom. The maximum atomic E-state index is 11.3. The summed E-state index contributed by atoms with van der Waals surface area (Å²) in [7, 11) is 0. The molecule has 0 bridgehead atoms. The van der Waals surface area contributed by atoms with Gasteiger partial charge >= 0.3 is 0 Å². The Morgan fingerprint density at radius 1 is 1.17 bits per heavy atom. The number of halogens is 1. The summed E-state index contributed by atoms with van der Waals surface area (Å²) in [5, 5.41) is 4.01. The first-order valence-corrected chi connectivity index (χ1v) is 6.12. The lowest BCUT2D eigenvalue weighted by atomic mass is 10.1. The van der Waals surface area contributed by atoms with Crippen LogP contribution < -0.4 is 5.32 Å². The third-order valence-electron chi connectivity index (χ3n) is 2.68. The molecule has 2 aromatic carbocycles. The lowest BCUT2D eigenvalue weighted by Crippen LogP contribution is -2.00. The van der Waals surface area contributed by atoms with Gasteiger partial charge in [0.15, 0.2) is 5.78 Å². The Balaban J connectivity index is 2.04. The molecule has 0 radical (unpaired) electrons. The fourth-order valence-electron chi connectivity index (χ4n) is 1.65. The predicted molar refractivity (Wildman–Crippen MR) is 75.2 cm³/mol. The molecule has 2 aromatic rings. The maximum Gasteiger partial charge on any atom is 0.159 e. The van der Waals surface area contributed by atoms with Crippen LogP contribution in [-0.2, 0) is 6.54 Å². The molecule has 1 N–H and O–H groups in total. The molecule has 0 unspecified atom stereocenters. The van der Waals surface area contributed by atoms with Gasteiger partial charge in [-0.25, -0.2) is 0 Å². The van der Waals surface area contributed by atoms with Crippen LogP contribution in [0.3, 0.4) is 0 Å². The Kier molecular flexibility index (Phi) is 4.00. The van der Waals surface area contributed by atoms with E-state index >= 15 is 0 Å². The third kappa shape index (κ3) is 3.34. The van der Waals surface area contributed by atoms with Crippen LogP contribution >= 0.6 is 11.6 Å². The molecule has 0 amide bonds. The fourth-order valence-corrected chi connectivity index (χ4v) is 1.78. The lowest BCUT2D eigenvalue weighted by Gasteiger charge is -2.07. The minimum atomic E-state index is 0.0742. The molecule has 0 saturated carbocycles. The summed E-state index contributed by atoms with van der Waals surface area (Å²) < 4.78 is 0. The molecule has 0 aliphatic carbocycles. The monoisotopic (exact) mass is 259 g/mol. The third-order valence-corrected chi connectivity index (χ3v) is 2.93. The first kappa shape index (κ1) is 12.7. The zero-order valence-electron chi connectivity index (χ0n) is 10.1. The zero-order valence-corrected chi connectivity index (χ0v) is 10.9. The van der Waals surface area contributed by atoms with E-state index in [4.69, 9.17) is 11.6 Å². The van der Waals surface area contributed by atoms with Crippen LogP contribution in [0.15, 0.2) is 48.5 Å². The van der Waals surface area contributed by atoms with Crippen molar-refractivity contribution < 1.29 is 4.79 Å². The van der Waals surface area contributed by atoms with Gasteiger partial charge in [-0.1, -0.05) is 35.9 Å². The minimum absolute atomic E-state index is 0.0742. The van der Waals surface area contributed by atoms with Gasteiger partial charge in [0.25, 0.3) is 0 Å². The van der Waals surface area contributed by atoms with Gasteiger partial charge in [-0.2, -0.15) is 0 Å². The SMILES string of the molecule is CC(=O)c1cccc(NCc2ccc(Cl)cc2)c1. The highest BCUT2D eigenvalue weighted by atomic mass is 35.5. The van der Waals surface area contributed by atoms with Crippen LogP contribution in [0.1, 0.15) is 22.8 Å². The van der Waals surface area contributed by atoms with E-state index in [2.05, 4.69) is 5.32 Å². The summed E-state index contributed by atoms with van der Waals surface area (Å²) in [5.74, 6) is 0.0742. The Morgan fingerprint density at radius 2 is 1.89 bits per heavy atom. The molecule has 3 heteroatoms. The number of nitrogens with one attached hydrogen (secondary N) is 1. The van der Waals surface area contributed by atoms with E-state index in [0.717, 1.165) is 21.8 Å². The standard InChI is InChI=1S/C15H14ClNO/c1-11(18)13-3-2-4-15(9-13)17-10-12-5-7-14(16)8-6-12/h2-9,17H,10H2,1H3. The minimum Gasteiger partial charge on any atom is -0.381 e. The van der Waals surface area contributed by atoms with Crippen molar-refractivity contribution in [1.29, 1.82) is 0 Å². The van der Waals surface area contributed by atoms with Crippen molar-refractivity contribution >= 4 is 23.1 Å². The van der Waals surface area contributed by atoms with Crippen LogP contribution in [0, 0.1) is 0 Å². The summed E-state index contributed by atoms with van der Waals surface area (Å²) in [6.45, 7) is 2.27. The normalized spacial score (nSPS) is 10.1. The second kappa shape index (κ2) is 5.69. The van der Waals surface area contributed by atoms with E-state index in [0.29, 0.717) is 6.54 Å². The highest BCUT2D eigenvalue weighted by molar-refractivity contribution is 6.30. The average molecular weight is 260 g/mol. The van der Waals surface area contributed by atoms with Crippen molar-refractivity contribution in [1.82, 2.24) is 0 Å². The molecule has 2 nitrogen and oxygen atoms in total. The number of anilines is 1. The van der Waals surface area contributed by atoms with E-state index in [1.165, 1.54) is 0 Å². The lowest BCUT2D eigenvalue weighted by molar-refractivity contribution is 0.101. The number of Topliss-reactive ketones (excluding diaryl/α,β-unsaturated/α-hetero) is 1. The molecule has 0 spiro atoms. The maximum absolute atomic E-state index is 11.3. The number of rotatable bonds is 4. The van der Waals surface area contributed by atoms with E-state index in [9.17, 15) is 4.79 Å². The number of hydrogen-bond donors (Lipinski definition) is 1. The smallest absolute Gasteiger partial charge is 0.159 e. The summed E-state index contributed by atoms with van der Waals surface area (Å²) in [4.78, 5) is 11.3. The summed E-state index contributed by atoms with van der Waals surface area (Å²) >= 11 is 5.83. The molecule has 0 aromatic heterocycles. The summed E-state index contributed by atoms with van der Waals surface area (Å²) in [6.07, 6.45) is 0. The molecule has 92 valence electrons. The number of ketones is 1. The molecule has 18 heavy (non-hydrogen) atoms. The molecule has 0 aliphatic heterocycles. The summed E-state index contributed by atoms with van der Waals surface area (Å²) in [5.41, 5.74) is 2.81. The Labute approximate surface area is 112 Å². The highest BCUT2D eigenvalue weighted by Gasteiger charge is 2.00. The molecule has 0 atom stereocenters. The molecule has 0 saturated heterocycles. The van der Waals surface area contributed by atoms with E-state index in [1.807, 2.05) is 48.5 Å². The first-order chi connectivity index (χ1) is 8.65. The van der Waals surface area contributed by atoms with Crippen LogP contribution in [0.2, 0.25) is 5.02 Å². The van der Waals surface area contributed by atoms with E-state index < -0.39 is 0 Å². The molecular formula is C15H14ClNO. The number of hydrogen-bond acceptors (Lipinski definition) is 2. The van der Waals surface area contributed by atoms with Gasteiger partial charge in [-0.3, -0.25) is 4.79 Å². The van der Waals surface area contributed by atoms with Gasteiger partial charge in [0.2, 0.25) is 0 Å². The molecule has 2 rings (SSSR count). The molecule has 0 aliphatic rings. The van der Waals surface area contributed by atoms with Gasteiger partial charge in [0.1, 0.15) is 0 Å². The number of benzene rings is 2. The van der Waals surface area contributed by atoms with Gasteiger partial charge in [-0.15, -0.1) is 0 Å². The van der Waals surface area contributed by atoms with Crippen LogP contribution in [0.4, 0.5) is 5.69 Å². The second-order valence-electron chi connectivity index (χ2n) is 4.12. The van der Waals surface area contributed by atoms with Gasteiger partial charge in [0, 0.05) is 22.8 Å². The predicted octanol–water partition coefficient (Wildman–Crippen LogP) is 4.15. The first-order valence-electron chi connectivity index (χ1n) is 5.74. The zero-order chi connectivity index (χ0) is 13.0. The van der Waals surface area contributed by atoms with Gasteiger partial charge < -0.3 is 5.32 Å². The summed E-state index contributed by atoms with van der Waals surface area (Å²) in [6, 6.07) is 15.2. The molecule has 0 heterocycles. The Hall–Kier alpha value is -1.80. The topological polar surface area (TPSA) is 29.1 Å². The molecular weight excluding hydrogens is 246 g/mol. The van der Waals surface area contributed by atoms with Crippen LogP contribution in [0.5, 0.6) is 0 Å². The van der Waals surface area contributed by atoms with Crippen molar-refractivity contribution in [2.45, 2.75) is 13.5 Å². The van der Waals surface area contributed by atoms with E-state index in [-0.39, 0.29) is 5.78 Å².